The van der Waals surface area contributed by atoms with Gasteiger partial charge >= 0.3 is 0 Å². The highest BCUT2D eigenvalue weighted by molar-refractivity contribution is 5.80. The molecule has 0 radical (unpaired) electrons. The van der Waals surface area contributed by atoms with Gasteiger partial charge in [0.25, 0.3) is 0 Å². The molecule has 1 aliphatic rings. The third-order valence-corrected chi connectivity index (χ3v) is 4.26. The summed E-state index contributed by atoms with van der Waals surface area (Å²) in [5, 5.41) is 6.55. The van der Waals surface area contributed by atoms with E-state index in [0.29, 0.717) is 6.04 Å². The Balaban J connectivity index is 2.28. The summed E-state index contributed by atoms with van der Waals surface area (Å²) in [7, 11) is 0. The van der Waals surface area contributed by atoms with Crippen molar-refractivity contribution in [1.29, 1.82) is 0 Å². The zero-order valence-corrected chi connectivity index (χ0v) is 13.6. The molecule has 118 valence electrons. The molecule has 0 bridgehead atoms. The van der Waals surface area contributed by atoms with Crippen molar-refractivity contribution in [2.45, 2.75) is 90.5 Å². The van der Waals surface area contributed by atoms with Crippen molar-refractivity contribution in [3.63, 3.8) is 0 Å². The van der Waals surface area contributed by atoms with Gasteiger partial charge < -0.3 is 15.4 Å². The lowest BCUT2D eigenvalue weighted by atomic mass is 9.93. The van der Waals surface area contributed by atoms with Crippen molar-refractivity contribution < 1.29 is 9.53 Å². The zero-order valence-electron chi connectivity index (χ0n) is 13.6. The molecule has 20 heavy (non-hydrogen) atoms. The normalized spacial score (nSPS) is 24.6. The molecule has 0 aromatic rings. The van der Waals surface area contributed by atoms with Gasteiger partial charge in [0.15, 0.2) is 0 Å². The van der Waals surface area contributed by atoms with Crippen LogP contribution in [0.5, 0.6) is 0 Å². The first kappa shape index (κ1) is 17.4. The highest BCUT2D eigenvalue weighted by Crippen LogP contribution is 2.22. The average Bonchev–Trinajstić information content (AvgIpc) is 2.46. The molecule has 1 rings (SSSR count). The Morgan fingerprint density at radius 3 is 2.25 bits per heavy atom. The van der Waals surface area contributed by atoms with Crippen LogP contribution in [0.15, 0.2) is 0 Å². The molecular formula is C16H32N2O2. The van der Waals surface area contributed by atoms with Crippen molar-refractivity contribution in [2.24, 2.45) is 0 Å². The first-order valence-corrected chi connectivity index (χ1v) is 8.29. The molecule has 0 aromatic carbocycles. The Labute approximate surface area is 124 Å². The van der Waals surface area contributed by atoms with Crippen LogP contribution < -0.4 is 10.6 Å². The van der Waals surface area contributed by atoms with Crippen molar-refractivity contribution >= 4 is 5.91 Å². The maximum Gasteiger partial charge on any atom is 0.249 e. The van der Waals surface area contributed by atoms with Gasteiger partial charge in [0.2, 0.25) is 5.91 Å². The van der Waals surface area contributed by atoms with Crippen molar-refractivity contribution in [2.75, 3.05) is 6.54 Å². The van der Waals surface area contributed by atoms with Crippen LogP contribution in [0.1, 0.15) is 66.2 Å². The second kappa shape index (κ2) is 9.35. The fraction of sp³-hybridized carbons (Fsp3) is 0.938. The molecule has 1 aliphatic carbocycles. The molecule has 0 spiro atoms. The fourth-order valence-electron chi connectivity index (χ4n) is 2.85. The quantitative estimate of drug-likeness (QED) is 0.720. The van der Waals surface area contributed by atoms with Crippen LogP contribution in [-0.4, -0.2) is 36.7 Å². The largest absolute Gasteiger partial charge is 0.365 e. The molecule has 0 aromatic heterocycles. The second-order valence-electron chi connectivity index (χ2n) is 5.83. The molecule has 1 fully saturated rings. The Morgan fingerprint density at radius 2 is 1.75 bits per heavy atom. The van der Waals surface area contributed by atoms with E-state index in [1.807, 2.05) is 6.92 Å². The Kier molecular flexibility index (Phi) is 8.15. The minimum absolute atomic E-state index is 0.0347. The molecular weight excluding hydrogens is 252 g/mol. The summed E-state index contributed by atoms with van der Waals surface area (Å²) in [4.78, 5) is 12.1. The van der Waals surface area contributed by atoms with E-state index >= 15 is 0 Å². The van der Waals surface area contributed by atoms with Crippen molar-refractivity contribution in [3.05, 3.63) is 0 Å². The van der Waals surface area contributed by atoms with Gasteiger partial charge in [0.1, 0.15) is 6.10 Å². The monoisotopic (exact) mass is 284 g/mol. The predicted octanol–water partition coefficient (Wildman–Crippen LogP) is 2.62. The van der Waals surface area contributed by atoms with Crippen LogP contribution in [0.4, 0.5) is 0 Å². The summed E-state index contributed by atoms with van der Waals surface area (Å²) < 4.78 is 5.93. The number of amides is 1. The summed E-state index contributed by atoms with van der Waals surface area (Å²) >= 11 is 0. The number of nitrogens with one attached hydrogen (secondary N) is 2. The van der Waals surface area contributed by atoms with Gasteiger partial charge in [0.05, 0.1) is 6.10 Å². The molecule has 4 heteroatoms. The third-order valence-electron chi connectivity index (χ3n) is 4.26. The van der Waals surface area contributed by atoms with Crippen LogP contribution >= 0.6 is 0 Å². The topological polar surface area (TPSA) is 50.4 Å². The van der Waals surface area contributed by atoms with Gasteiger partial charge in [-0.05, 0) is 52.0 Å². The molecule has 4 nitrogen and oxygen atoms in total. The van der Waals surface area contributed by atoms with Gasteiger partial charge in [-0.15, -0.1) is 0 Å². The highest BCUT2D eigenvalue weighted by Gasteiger charge is 2.25. The van der Waals surface area contributed by atoms with Gasteiger partial charge in [-0.25, -0.2) is 0 Å². The van der Waals surface area contributed by atoms with Crippen molar-refractivity contribution in [1.82, 2.24) is 10.6 Å². The van der Waals surface area contributed by atoms with Crippen LogP contribution in [0.2, 0.25) is 0 Å². The van der Waals surface area contributed by atoms with Gasteiger partial charge in [0, 0.05) is 12.1 Å². The molecule has 2 N–H and O–H groups in total. The van der Waals surface area contributed by atoms with Gasteiger partial charge in [-0.2, -0.15) is 0 Å². The number of carbonyl (C=O) groups excluding carboxylic acids is 1. The summed E-state index contributed by atoms with van der Waals surface area (Å²) in [6.07, 6.45) is 6.27. The lowest BCUT2D eigenvalue weighted by Crippen LogP contribution is -2.43. The summed E-state index contributed by atoms with van der Waals surface area (Å²) in [6.45, 7) is 9.25. The molecule has 1 saturated carbocycles. The standard InChI is InChI=1S/C16H32N2O2/c1-5-13(6-2)18-16(19)12(4)20-15-10-8-14(9-11-15)17-7-3/h12-15,17H,5-11H2,1-4H3,(H,18,19). The van der Waals surface area contributed by atoms with E-state index in [0.717, 1.165) is 45.1 Å². The Bertz CT molecular complexity index is 272. The van der Waals surface area contributed by atoms with Crippen LogP contribution in [0, 0.1) is 0 Å². The summed E-state index contributed by atoms with van der Waals surface area (Å²) in [6, 6.07) is 0.909. The number of ether oxygens (including phenoxy) is 1. The molecule has 1 atom stereocenters. The van der Waals surface area contributed by atoms with Gasteiger partial charge in [-0.3, -0.25) is 4.79 Å². The minimum Gasteiger partial charge on any atom is -0.365 e. The summed E-state index contributed by atoms with van der Waals surface area (Å²) in [5.41, 5.74) is 0. The number of rotatable bonds is 8. The Hall–Kier alpha value is -0.610. The summed E-state index contributed by atoms with van der Waals surface area (Å²) in [5.74, 6) is 0.0347. The maximum atomic E-state index is 12.1. The smallest absolute Gasteiger partial charge is 0.249 e. The first-order chi connectivity index (χ1) is 9.60. The molecule has 1 unspecified atom stereocenters. The lowest BCUT2D eigenvalue weighted by Gasteiger charge is -2.31. The average molecular weight is 284 g/mol. The van der Waals surface area contributed by atoms with Crippen LogP contribution in [0.25, 0.3) is 0 Å². The molecule has 0 aliphatic heterocycles. The number of carbonyl (C=O) groups is 1. The number of hydrogen-bond donors (Lipinski definition) is 2. The van der Waals surface area contributed by atoms with E-state index in [4.69, 9.17) is 4.74 Å². The van der Waals surface area contributed by atoms with E-state index in [2.05, 4.69) is 31.4 Å². The SMILES string of the molecule is CCNC1CCC(OC(C)C(=O)NC(CC)CC)CC1. The Morgan fingerprint density at radius 1 is 1.15 bits per heavy atom. The van der Waals surface area contributed by atoms with Gasteiger partial charge in [-0.1, -0.05) is 20.8 Å². The predicted molar refractivity (Wildman–Crippen MR) is 82.8 cm³/mol. The fourth-order valence-corrected chi connectivity index (χ4v) is 2.85. The van der Waals surface area contributed by atoms with E-state index in [1.165, 1.54) is 0 Å². The van der Waals surface area contributed by atoms with Crippen LogP contribution in [0.3, 0.4) is 0 Å². The highest BCUT2D eigenvalue weighted by atomic mass is 16.5. The molecule has 1 amide bonds. The number of hydrogen-bond acceptors (Lipinski definition) is 3. The first-order valence-electron chi connectivity index (χ1n) is 8.29. The zero-order chi connectivity index (χ0) is 15.0. The van der Waals surface area contributed by atoms with E-state index in [-0.39, 0.29) is 24.2 Å². The lowest BCUT2D eigenvalue weighted by molar-refractivity contribution is -0.137. The van der Waals surface area contributed by atoms with E-state index in [1.54, 1.807) is 0 Å². The third kappa shape index (κ3) is 5.80. The second-order valence-corrected chi connectivity index (χ2v) is 5.83. The molecule has 0 heterocycles. The van der Waals surface area contributed by atoms with Crippen LogP contribution in [-0.2, 0) is 9.53 Å². The maximum absolute atomic E-state index is 12.1. The minimum atomic E-state index is -0.337. The van der Waals surface area contributed by atoms with E-state index in [9.17, 15) is 4.79 Å². The molecule has 0 saturated heterocycles. The van der Waals surface area contributed by atoms with Crippen molar-refractivity contribution in [3.8, 4) is 0 Å². The van der Waals surface area contributed by atoms with E-state index < -0.39 is 0 Å².